The summed E-state index contributed by atoms with van der Waals surface area (Å²) in [4.78, 5) is 38.5. The van der Waals surface area contributed by atoms with E-state index in [0.717, 1.165) is 63.2 Å². The largest absolute Gasteiger partial charge is 0.369 e. The third-order valence-corrected chi connectivity index (χ3v) is 6.72. The van der Waals surface area contributed by atoms with Crippen LogP contribution in [-0.2, 0) is 0 Å². The molecule has 33 heavy (non-hydrogen) atoms. The standard InChI is InChI=1S/C24H29N7O2/c1-29-9-11-30(12-10-29)18-8-4-5-16(13-18)27-24-26-14-19-21(32)20(22(25)33)15-31(23(19)28-24)17-6-2-3-7-17/h4-5,8,13-15,17H,2-3,6-7,9-12H2,1H3,(H2,25,33)(H,26,27,28). The number of anilines is 3. The first-order valence-electron chi connectivity index (χ1n) is 11.5. The lowest BCUT2D eigenvalue weighted by molar-refractivity contribution is 0.0998. The van der Waals surface area contributed by atoms with Gasteiger partial charge in [0.2, 0.25) is 11.4 Å². The van der Waals surface area contributed by atoms with Crippen molar-refractivity contribution in [3.63, 3.8) is 0 Å². The number of primary amides is 1. The van der Waals surface area contributed by atoms with Gasteiger partial charge >= 0.3 is 0 Å². The van der Waals surface area contributed by atoms with Crippen LogP contribution < -0.4 is 21.4 Å². The average Bonchev–Trinajstić information content (AvgIpc) is 3.34. The van der Waals surface area contributed by atoms with Gasteiger partial charge in [0.05, 0.1) is 5.39 Å². The normalized spacial score (nSPS) is 17.5. The monoisotopic (exact) mass is 447 g/mol. The number of rotatable bonds is 5. The molecule has 3 aromatic rings. The maximum absolute atomic E-state index is 12.8. The zero-order valence-electron chi connectivity index (χ0n) is 18.8. The number of likely N-dealkylation sites (N-methyl/N-ethyl adjacent to an activating group) is 1. The highest BCUT2D eigenvalue weighted by molar-refractivity contribution is 5.95. The molecule has 1 saturated carbocycles. The Hall–Kier alpha value is -3.46. The molecule has 9 heteroatoms. The maximum Gasteiger partial charge on any atom is 0.254 e. The number of hydrogen-bond acceptors (Lipinski definition) is 7. The van der Waals surface area contributed by atoms with Gasteiger partial charge < -0.3 is 25.4 Å². The fourth-order valence-corrected chi connectivity index (χ4v) is 4.80. The van der Waals surface area contributed by atoms with Crippen LogP contribution in [0.3, 0.4) is 0 Å². The van der Waals surface area contributed by atoms with Gasteiger partial charge in [-0.1, -0.05) is 18.9 Å². The van der Waals surface area contributed by atoms with Gasteiger partial charge in [-0.2, -0.15) is 4.98 Å². The summed E-state index contributed by atoms with van der Waals surface area (Å²) >= 11 is 0. The van der Waals surface area contributed by atoms with Gasteiger partial charge in [0.1, 0.15) is 11.2 Å². The van der Waals surface area contributed by atoms with Crippen molar-refractivity contribution < 1.29 is 4.79 Å². The molecule has 1 amide bonds. The molecule has 0 radical (unpaired) electrons. The fraction of sp³-hybridized carbons (Fsp3) is 0.417. The second kappa shape index (κ2) is 8.82. The first-order valence-corrected chi connectivity index (χ1v) is 11.5. The average molecular weight is 448 g/mol. The zero-order chi connectivity index (χ0) is 22.9. The third kappa shape index (κ3) is 4.28. The number of piperazine rings is 1. The Bertz CT molecular complexity index is 1240. The number of nitrogens with zero attached hydrogens (tertiary/aromatic N) is 5. The van der Waals surface area contributed by atoms with Crippen LogP contribution in [0.15, 0.2) is 41.5 Å². The minimum absolute atomic E-state index is 0.0152. The van der Waals surface area contributed by atoms with Gasteiger partial charge in [-0.3, -0.25) is 9.59 Å². The van der Waals surface area contributed by atoms with Crippen LogP contribution in [0, 0.1) is 0 Å². The number of carbonyl (C=O) groups is 1. The van der Waals surface area contributed by atoms with Crippen molar-refractivity contribution in [2.24, 2.45) is 5.73 Å². The van der Waals surface area contributed by atoms with Gasteiger partial charge in [0.15, 0.2) is 0 Å². The molecule has 3 heterocycles. The SMILES string of the molecule is CN1CCN(c2cccc(Nc3ncc4c(=O)c(C(N)=O)cn(C5CCCC5)c4n3)c2)CC1. The van der Waals surface area contributed by atoms with Gasteiger partial charge in [0, 0.05) is 56.0 Å². The molecule has 172 valence electrons. The van der Waals surface area contributed by atoms with Gasteiger partial charge in [0.25, 0.3) is 5.91 Å². The molecule has 0 unspecified atom stereocenters. The Morgan fingerprint density at radius 1 is 1.15 bits per heavy atom. The maximum atomic E-state index is 12.8. The van der Waals surface area contributed by atoms with Crippen molar-refractivity contribution in [1.82, 2.24) is 19.4 Å². The minimum atomic E-state index is -0.725. The Labute approximate surface area is 192 Å². The Morgan fingerprint density at radius 3 is 2.64 bits per heavy atom. The molecule has 0 spiro atoms. The van der Waals surface area contributed by atoms with Crippen molar-refractivity contribution >= 4 is 34.3 Å². The number of nitrogens with two attached hydrogens (primary N) is 1. The van der Waals surface area contributed by atoms with E-state index >= 15 is 0 Å². The van der Waals surface area contributed by atoms with Crippen LogP contribution in [0.4, 0.5) is 17.3 Å². The van der Waals surface area contributed by atoms with Crippen LogP contribution in [0.1, 0.15) is 42.1 Å². The molecule has 1 aliphatic heterocycles. The van der Waals surface area contributed by atoms with Crippen molar-refractivity contribution in [3.05, 3.63) is 52.4 Å². The molecular formula is C24H29N7O2. The number of pyridine rings is 1. The topological polar surface area (TPSA) is 109 Å². The number of aromatic nitrogens is 3. The molecular weight excluding hydrogens is 418 g/mol. The second-order valence-electron chi connectivity index (χ2n) is 8.98. The van der Waals surface area contributed by atoms with Gasteiger partial charge in [-0.05, 0) is 38.1 Å². The van der Waals surface area contributed by atoms with Crippen LogP contribution in [0.5, 0.6) is 0 Å². The van der Waals surface area contributed by atoms with E-state index in [1.54, 1.807) is 6.20 Å². The van der Waals surface area contributed by atoms with Crippen molar-refractivity contribution in [2.45, 2.75) is 31.7 Å². The molecule has 5 rings (SSSR count). The first-order chi connectivity index (χ1) is 16.0. The third-order valence-electron chi connectivity index (χ3n) is 6.72. The van der Waals surface area contributed by atoms with Crippen LogP contribution in [0.25, 0.3) is 11.0 Å². The molecule has 2 fully saturated rings. The van der Waals surface area contributed by atoms with E-state index in [-0.39, 0.29) is 11.6 Å². The number of benzene rings is 1. The van der Waals surface area contributed by atoms with E-state index in [2.05, 4.69) is 39.3 Å². The molecule has 9 nitrogen and oxygen atoms in total. The number of fused-ring (bicyclic) bond motifs is 1. The Kier molecular flexibility index (Phi) is 5.72. The second-order valence-corrected chi connectivity index (χ2v) is 8.98. The molecule has 2 aromatic heterocycles. The van der Waals surface area contributed by atoms with E-state index in [1.165, 1.54) is 6.20 Å². The predicted octanol–water partition coefficient (Wildman–Crippen LogP) is 2.50. The van der Waals surface area contributed by atoms with Gasteiger partial charge in [-0.15, -0.1) is 0 Å². The van der Waals surface area contributed by atoms with E-state index in [9.17, 15) is 9.59 Å². The highest BCUT2D eigenvalue weighted by Crippen LogP contribution is 2.31. The number of nitrogens with one attached hydrogen (secondary N) is 1. The summed E-state index contributed by atoms with van der Waals surface area (Å²) in [6.07, 6.45) is 7.26. The summed E-state index contributed by atoms with van der Waals surface area (Å²) in [6.45, 7) is 4.05. The number of hydrogen-bond donors (Lipinski definition) is 2. The van der Waals surface area contributed by atoms with Crippen molar-refractivity contribution in [2.75, 3.05) is 43.4 Å². The Morgan fingerprint density at radius 2 is 1.91 bits per heavy atom. The molecule has 2 aliphatic rings. The minimum Gasteiger partial charge on any atom is -0.369 e. The summed E-state index contributed by atoms with van der Waals surface area (Å²) in [5.41, 5.74) is 7.61. The summed E-state index contributed by atoms with van der Waals surface area (Å²) in [7, 11) is 2.14. The lowest BCUT2D eigenvalue weighted by Gasteiger charge is -2.34. The summed E-state index contributed by atoms with van der Waals surface area (Å²) < 4.78 is 1.94. The number of carbonyl (C=O) groups excluding carboxylic acids is 1. The van der Waals surface area contributed by atoms with E-state index in [1.807, 2.05) is 16.7 Å². The number of amides is 1. The van der Waals surface area contributed by atoms with E-state index in [0.29, 0.717) is 17.0 Å². The van der Waals surface area contributed by atoms with Crippen molar-refractivity contribution in [3.8, 4) is 0 Å². The van der Waals surface area contributed by atoms with E-state index in [4.69, 9.17) is 10.7 Å². The lowest BCUT2D eigenvalue weighted by atomic mass is 10.1. The predicted molar refractivity (Wildman–Crippen MR) is 129 cm³/mol. The van der Waals surface area contributed by atoms with Crippen LogP contribution in [-0.4, -0.2) is 58.6 Å². The molecule has 0 atom stereocenters. The zero-order valence-corrected chi connectivity index (χ0v) is 18.8. The Balaban J connectivity index is 1.49. The first kappa shape index (κ1) is 21.4. The highest BCUT2D eigenvalue weighted by Gasteiger charge is 2.23. The molecule has 0 bridgehead atoms. The molecule has 1 aliphatic carbocycles. The van der Waals surface area contributed by atoms with Gasteiger partial charge in [-0.25, -0.2) is 4.98 Å². The fourth-order valence-electron chi connectivity index (χ4n) is 4.80. The summed E-state index contributed by atoms with van der Waals surface area (Å²) in [6, 6.07) is 8.40. The lowest BCUT2D eigenvalue weighted by Crippen LogP contribution is -2.44. The quantitative estimate of drug-likeness (QED) is 0.618. The van der Waals surface area contributed by atoms with Crippen LogP contribution >= 0.6 is 0 Å². The smallest absolute Gasteiger partial charge is 0.254 e. The molecule has 1 saturated heterocycles. The summed E-state index contributed by atoms with van der Waals surface area (Å²) in [5.74, 6) is -0.312. The van der Waals surface area contributed by atoms with E-state index < -0.39 is 11.3 Å². The molecule has 3 N–H and O–H groups in total. The molecule has 1 aromatic carbocycles. The van der Waals surface area contributed by atoms with Crippen molar-refractivity contribution in [1.29, 1.82) is 0 Å². The van der Waals surface area contributed by atoms with Crippen LogP contribution in [0.2, 0.25) is 0 Å². The summed E-state index contributed by atoms with van der Waals surface area (Å²) in [5, 5.41) is 3.61. The highest BCUT2D eigenvalue weighted by atomic mass is 16.2.